The van der Waals surface area contributed by atoms with E-state index < -0.39 is 0 Å². The minimum absolute atomic E-state index is 0. The third-order valence-corrected chi connectivity index (χ3v) is 2.72. The van der Waals surface area contributed by atoms with E-state index in [4.69, 9.17) is 0 Å². The Hall–Kier alpha value is 0.777. The van der Waals surface area contributed by atoms with Crippen LogP contribution >= 0.6 is 27.3 Å². The Morgan fingerprint density at radius 1 is 1.70 bits per heavy atom. The molecule has 0 aromatic carbocycles. The predicted molar refractivity (Wildman–Crippen MR) is 44.9 cm³/mol. The van der Waals surface area contributed by atoms with Crippen molar-refractivity contribution in [2.75, 3.05) is 0 Å². The quantitative estimate of drug-likeness (QED) is 0.486. The molecule has 1 heterocycles. The van der Waals surface area contributed by atoms with E-state index in [9.17, 15) is 0 Å². The van der Waals surface area contributed by atoms with E-state index in [2.05, 4.69) is 34.3 Å². The number of aryl methyl sites for hydroxylation is 1. The third-order valence-electron chi connectivity index (χ3n) is 1.04. The average molecular weight is 211 g/mol. The van der Waals surface area contributed by atoms with Gasteiger partial charge < -0.3 is 0 Å². The summed E-state index contributed by atoms with van der Waals surface area (Å²) >= 11 is 5.13. The van der Waals surface area contributed by atoms with Crippen molar-refractivity contribution < 1.29 is 18.9 Å². The molecule has 1 aromatic rings. The molecule has 1 aromatic heterocycles. The molecule has 0 saturated heterocycles. The van der Waals surface area contributed by atoms with Gasteiger partial charge in [0.15, 0.2) is 0 Å². The summed E-state index contributed by atoms with van der Waals surface area (Å²) in [4.78, 5) is 1.35. The second-order valence-corrected chi connectivity index (χ2v) is 3.70. The number of rotatable bonds is 2. The first-order valence-electron chi connectivity index (χ1n) is 2.98. The Bertz CT molecular complexity index is 185. The minimum Gasteiger partial charge on any atom is -0.269 e. The summed E-state index contributed by atoms with van der Waals surface area (Å²) in [5.74, 6) is 0. The molecule has 0 aliphatic rings. The Labute approximate surface area is 86.3 Å². The van der Waals surface area contributed by atoms with Gasteiger partial charge in [0.05, 0.1) is 0 Å². The van der Waals surface area contributed by atoms with Crippen molar-refractivity contribution in [1.29, 1.82) is 0 Å². The summed E-state index contributed by atoms with van der Waals surface area (Å²) < 4.78 is 1.09. The van der Waals surface area contributed by atoms with Gasteiger partial charge in [0, 0.05) is 0 Å². The SMILES string of the molecule is CCCc1[c-]c(Br)cs1.[Li+]. The Kier molecular flexibility index (Phi) is 5.85. The van der Waals surface area contributed by atoms with E-state index in [0.717, 1.165) is 10.9 Å². The van der Waals surface area contributed by atoms with E-state index in [0.29, 0.717) is 0 Å². The summed E-state index contributed by atoms with van der Waals surface area (Å²) in [5.41, 5.74) is 0. The van der Waals surface area contributed by atoms with Crippen LogP contribution in [0.25, 0.3) is 0 Å². The van der Waals surface area contributed by atoms with Crippen LogP contribution in [0.1, 0.15) is 18.2 Å². The van der Waals surface area contributed by atoms with Gasteiger partial charge in [-0.3, -0.25) is 11.3 Å². The van der Waals surface area contributed by atoms with Gasteiger partial charge in [0.25, 0.3) is 0 Å². The molecule has 0 bridgehead atoms. The van der Waals surface area contributed by atoms with Gasteiger partial charge in [0.2, 0.25) is 0 Å². The van der Waals surface area contributed by atoms with Gasteiger partial charge >= 0.3 is 18.9 Å². The van der Waals surface area contributed by atoms with Gasteiger partial charge in [-0.25, -0.2) is 6.07 Å². The first-order valence-corrected chi connectivity index (χ1v) is 4.65. The van der Waals surface area contributed by atoms with E-state index >= 15 is 0 Å². The zero-order chi connectivity index (χ0) is 6.69. The van der Waals surface area contributed by atoms with Crippen LogP contribution in [0, 0.1) is 6.07 Å². The Balaban J connectivity index is 0.000000810. The van der Waals surface area contributed by atoms with Crippen molar-refractivity contribution in [1.82, 2.24) is 0 Å². The molecule has 0 radical (unpaired) electrons. The topological polar surface area (TPSA) is 0 Å². The molecule has 3 heteroatoms. The molecule has 0 amide bonds. The smallest absolute Gasteiger partial charge is 0.269 e. The number of hydrogen-bond donors (Lipinski definition) is 0. The van der Waals surface area contributed by atoms with E-state index in [1.807, 2.05) is 0 Å². The number of hydrogen-bond acceptors (Lipinski definition) is 1. The van der Waals surface area contributed by atoms with Gasteiger partial charge in [-0.2, -0.15) is 0 Å². The van der Waals surface area contributed by atoms with Crippen LogP contribution in [-0.2, 0) is 6.42 Å². The van der Waals surface area contributed by atoms with Crippen LogP contribution in [0.2, 0.25) is 0 Å². The first-order chi connectivity index (χ1) is 4.33. The summed E-state index contributed by atoms with van der Waals surface area (Å²) in [5, 5.41) is 2.07. The monoisotopic (exact) mass is 210 g/mol. The molecule has 0 atom stereocenters. The molecule has 50 valence electrons. The van der Waals surface area contributed by atoms with Crippen LogP contribution in [0.5, 0.6) is 0 Å². The fourth-order valence-corrected chi connectivity index (χ4v) is 2.11. The molecule has 0 aliphatic heterocycles. The third kappa shape index (κ3) is 3.25. The molecule has 0 nitrogen and oxygen atoms in total. The van der Waals surface area contributed by atoms with Crippen LogP contribution in [0.15, 0.2) is 9.85 Å². The minimum atomic E-state index is 0. The molecule has 1 rings (SSSR count). The van der Waals surface area contributed by atoms with E-state index in [-0.39, 0.29) is 18.9 Å². The van der Waals surface area contributed by atoms with Crippen molar-refractivity contribution >= 4 is 27.3 Å². The maximum atomic E-state index is 3.36. The molecule has 0 unspecified atom stereocenters. The van der Waals surface area contributed by atoms with Gasteiger partial charge in [-0.1, -0.05) is 29.3 Å². The first kappa shape index (κ1) is 10.8. The molecule has 0 aliphatic carbocycles. The van der Waals surface area contributed by atoms with Crippen LogP contribution < -0.4 is 18.9 Å². The van der Waals surface area contributed by atoms with Crippen molar-refractivity contribution in [3.63, 3.8) is 0 Å². The van der Waals surface area contributed by atoms with Crippen LogP contribution in [0.4, 0.5) is 0 Å². The maximum absolute atomic E-state index is 3.36. The van der Waals surface area contributed by atoms with Crippen molar-refractivity contribution in [2.45, 2.75) is 19.8 Å². The van der Waals surface area contributed by atoms with E-state index in [1.54, 1.807) is 11.3 Å². The summed E-state index contributed by atoms with van der Waals surface area (Å²) in [7, 11) is 0. The van der Waals surface area contributed by atoms with Crippen LogP contribution in [0.3, 0.4) is 0 Å². The predicted octanol–water partition coefficient (Wildman–Crippen LogP) is 0.267. The van der Waals surface area contributed by atoms with Gasteiger partial charge in [-0.05, 0) is 6.42 Å². The Morgan fingerprint density at radius 2 is 2.40 bits per heavy atom. The fourth-order valence-electron chi connectivity index (χ4n) is 0.663. The zero-order valence-corrected chi connectivity index (χ0v) is 8.68. The number of halogens is 1. The van der Waals surface area contributed by atoms with Gasteiger partial charge in [0.1, 0.15) is 0 Å². The number of thiophene rings is 1. The molecule has 0 N–H and O–H groups in total. The molecular formula is C7H8BrLiS. The second kappa shape index (κ2) is 5.43. The molecule has 0 fully saturated rings. The van der Waals surface area contributed by atoms with Crippen molar-refractivity contribution in [3.05, 3.63) is 20.8 Å². The summed E-state index contributed by atoms with van der Waals surface area (Å²) in [6.45, 7) is 2.18. The standard InChI is InChI=1S/C7H8BrS.Li/c1-2-3-7-4-6(8)5-9-7;/h5H,2-3H2,1H3;/q-1;+1. The largest absolute Gasteiger partial charge is 1.00 e. The molecule has 10 heavy (non-hydrogen) atoms. The average Bonchev–Trinajstić information content (AvgIpc) is 2.17. The zero-order valence-electron chi connectivity index (χ0n) is 6.28. The van der Waals surface area contributed by atoms with E-state index in [1.165, 1.54) is 11.3 Å². The molecule has 0 saturated carbocycles. The fraction of sp³-hybridized carbons (Fsp3) is 0.429. The summed E-state index contributed by atoms with van der Waals surface area (Å²) in [6, 6.07) is 3.21. The van der Waals surface area contributed by atoms with Crippen LogP contribution in [-0.4, -0.2) is 0 Å². The van der Waals surface area contributed by atoms with Crippen molar-refractivity contribution in [2.24, 2.45) is 0 Å². The van der Waals surface area contributed by atoms with Gasteiger partial charge in [-0.15, -0.1) is 14.7 Å². The molecule has 0 spiro atoms. The molecular weight excluding hydrogens is 203 g/mol. The summed E-state index contributed by atoms with van der Waals surface area (Å²) in [6.07, 6.45) is 2.37. The maximum Gasteiger partial charge on any atom is 1.00 e. The Morgan fingerprint density at radius 3 is 2.80 bits per heavy atom. The van der Waals surface area contributed by atoms with Crippen molar-refractivity contribution in [3.8, 4) is 0 Å². The normalized spacial score (nSPS) is 9.00. The second-order valence-electron chi connectivity index (χ2n) is 1.88.